The van der Waals surface area contributed by atoms with Crippen LogP contribution in [0.25, 0.3) is 16.8 Å². The van der Waals surface area contributed by atoms with Gasteiger partial charge < -0.3 is 15.1 Å². The number of fused-ring (bicyclic) bond motifs is 1. The van der Waals surface area contributed by atoms with E-state index in [-0.39, 0.29) is 5.56 Å². The summed E-state index contributed by atoms with van der Waals surface area (Å²) in [6.45, 7) is 4.62. The van der Waals surface area contributed by atoms with Crippen LogP contribution in [0.4, 0.5) is 5.82 Å². The molecule has 0 fully saturated rings. The Morgan fingerprint density at radius 1 is 1.10 bits per heavy atom. The fourth-order valence-corrected chi connectivity index (χ4v) is 2.99. The summed E-state index contributed by atoms with van der Waals surface area (Å²) in [5.74, 6) is 0.831. The third-order valence-corrected chi connectivity index (χ3v) is 4.75. The van der Waals surface area contributed by atoms with E-state index >= 15 is 0 Å². The van der Waals surface area contributed by atoms with Crippen molar-refractivity contribution in [3.8, 4) is 5.82 Å². The third kappa shape index (κ3) is 3.90. The average molecular weight is 404 g/mol. The van der Waals surface area contributed by atoms with E-state index in [1.54, 1.807) is 30.6 Å². The second-order valence-electron chi connectivity index (χ2n) is 6.71. The quantitative estimate of drug-likeness (QED) is 0.374. The van der Waals surface area contributed by atoms with Gasteiger partial charge in [0.25, 0.3) is 5.91 Å². The first kappa shape index (κ1) is 19.3. The van der Waals surface area contributed by atoms with E-state index in [1.165, 1.54) is 12.4 Å². The largest absolute Gasteiger partial charge is 0.422 e. The highest BCUT2D eigenvalue weighted by molar-refractivity contribution is 5.96. The number of hydrogen-bond donors (Lipinski definition) is 2. The van der Waals surface area contributed by atoms with Crippen LogP contribution in [0.2, 0.25) is 0 Å². The molecule has 4 rings (SSSR count). The highest BCUT2D eigenvalue weighted by Gasteiger charge is 2.13. The number of carbonyl (C=O) groups excluding carboxylic acids is 1. The van der Waals surface area contributed by atoms with Crippen LogP contribution in [0.5, 0.6) is 0 Å². The maximum absolute atomic E-state index is 12.4. The third-order valence-electron chi connectivity index (χ3n) is 4.75. The molecule has 1 amide bonds. The molecular weight excluding hydrogens is 384 g/mol. The van der Waals surface area contributed by atoms with Crippen LogP contribution in [0, 0.1) is 13.8 Å². The Labute approximate surface area is 171 Å². The summed E-state index contributed by atoms with van der Waals surface area (Å²) in [5, 5.41) is 6.54. The van der Waals surface area contributed by atoms with E-state index in [4.69, 9.17) is 4.42 Å². The average Bonchev–Trinajstić information content (AvgIpc) is 3.09. The normalized spacial score (nSPS) is 10.9. The molecule has 0 atom stereocenters. The van der Waals surface area contributed by atoms with Crippen molar-refractivity contribution in [2.45, 2.75) is 13.8 Å². The van der Waals surface area contributed by atoms with Crippen molar-refractivity contribution in [1.82, 2.24) is 24.8 Å². The summed E-state index contributed by atoms with van der Waals surface area (Å²) in [5.41, 5.74) is 1.70. The molecule has 0 aliphatic carbocycles. The van der Waals surface area contributed by atoms with Crippen molar-refractivity contribution in [2.75, 3.05) is 18.4 Å². The van der Waals surface area contributed by atoms with Crippen LogP contribution in [-0.2, 0) is 0 Å². The first-order valence-corrected chi connectivity index (χ1v) is 9.41. The van der Waals surface area contributed by atoms with Gasteiger partial charge in [0.15, 0.2) is 0 Å². The van der Waals surface area contributed by atoms with Crippen LogP contribution < -0.4 is 16.3 Å². The molecule has 0 saturated heterocycles. The molecule has 4 aromatic rings. The van der Waals surface area contributed by atoms with Crippen LogP contribution in [0.1, 0.15) is 21.7 Å². The number of aryl methyl sites for hydroxylation is 1. The van der Waals surface area contributed by atoms with Crippen molar-refractivity contribution in [3.05, 3.63) is 76.4 Å². The first-order chi connectivity index (χ1) is 14.5. The lowest BCUT2D eigenvalue weighted by molar-refractivity contribution is 0.0951. The number of rotatable bonds is 6. The van der Waals surface area contributed by atoms with E-state index in [1.807, 2.05) is 24.5 Å². The molecule has 0 bridgehead atoms. The Bertz CT molecular complexity index is 1280. The zero-order chi connectivity index (χ0) is 21.1. The monoisotopic (exact) mass is 404 g/mol. The Morgan fingerprint density at radius 3 is 2.73 bits per heavy atom. The Hall–Kier alpha value is -4.01. The maximum Gasteiger partial charge on any atom is 0.349 e. The number of nitrogens with one attached hydrogen (secondary N) is 2. The van der Waals surface area contributed by atoms with Crippen molar-refractivity contribution in [2.24, 2.45) is 0 Å². The van der Waals surface area contributed by atoms with Gasteiger partial charge in [-0.05, 0) is 26.0 Å². The van der Waals surface area contributed by atoms with Crippen molar-refractivity contribution in [1.29, 1.82) is 0 Å². The SMILES string of the molecule is Cc1ncn(-c2cc(NCCNC(=O)c3cc4ccccc4oc3=O)ncn2)c1C. The van der Waals surface area contributed by atoms with Gasteiger partial charge in [-0.15, -0.1) is 0 Å². The highest BCUT2D eigenvalue weighted by Crippen LogP contribution is 2.14. The molecule has 0 saturated carbocycles. The van der Waals surface area contributed by atoms with E-state index in [0.29, 0.717) is 35.7 Å². The van der Waals surface area contributed by atoms with Crippen LogP contribution in [0.15, 0.2) is 58.3 Å². The number of nitrogens with zero attached hydrogens (tertiary/aromatic N) is 4. The van der Waals surface area contributed by atoms with E-state index in [9.17, 15) is 9.59 Å². The number of amides is 1. The smallest absolute Gasteiger partial charge is 0.349 e. The molecule has 2 N–H and O–H groups in total. The van der Waals surface area contributed by atoms with Gasteiger partial charge in [0.05, 0.1) is 5.69 Å². The molecule has 0 unspecified atom stereocenters. The van der Waals surface area contributed by atoms with Crippen LogP contribution in [0.3, 0.4) is 0 Å². The summed E-state index contributed by atoms with van der Waals surface area (Å²) >= 11 is 0. The predicted molar refractivity (Wildman–Crippen MR) is 112 cm³/mol. The highest BCUT2D eigenvalue weighted by atomic mass is 16.4. The molecular formula is C21H20N6O3. The molecule has 3 aromatic heterocycles. The standard InChI is InChI=1S/C21H20N6O3/c1-13-14(2)27(12-26-13)19-10-18(24-11-25-19)22-7-8-23-20(28)16-9-15-5-3-4-6-17(15)30-21(16)29/h3-6,9-12H,7-8H2,1-2H3,(H,23,28)(H,22,24,25). The molecule has 0 aliphatic rings. The molecule has 30 heavy (non-hydrogen) atoms. The van der Waals surface area contributed by atoms with Crippen molar-refractivity contribution >= 4 is 22.7 Å². The second-order valence-corrected chi connectivity index (χ2v) is 6.71. The number of hydrogen-bond acceptors (Lipinski definition) is 7. The molecule has 0 radical (unpaired) electrons. The maximum atomic E-state index is 12.4. The van der Waals surface area contributed by atoms with Gasteiger partial charge in [-0.1, -0.05) is 18.2 Å². The lowest BCUT2D eigenvalue weighted by Gasteiger charge is -2.09. The lowest BCUT2D eigenvalue weighted by Crippen LogP contribution is -2.32. The fraction of sp³-hybridized carbons (Fsp3) is 0.190. The summed E-state index contributed by atoms with van der Waals surface area (Å²) in [6, 6.07) is 10.4. The number of para-hydroxylation sites is 1. The van der Waals surface area contributed by atoms with Gasteiger partial charge in [-0.2, -0.15) is 0 Å². The van der Waals surface area contributed by atoms with E-state index < -0.39 is 11.5 Å². The number of imidazole rings is 1. The van der Waals surface area contributed by atoms with Crippen molar-refractivity contribution in [3.63, 3.8) is 0 Å². The summed E-state index contributed by atoms with van der Waals surface area (Å²) in [4.78, 5) is 37.2. The molecule has 3 heterocycles. The molecule has 1 aromatic carbocycles. The Morgan fingerprint density at radius 2 is 1.93 bits per heavy atom. The zero-order valence-corrected chi connectivity index (χ0v) is 16.5. The number of carbonyl (C=O) groups is 1. The topological polar surface area (TPSA) is 115 Å². The Kier molecular flexibility index (Phi) is 5.25. The summed E-state index contributed by atoms with van der Waals surface area (Å²) in [6.07, 6.45) is 3.18. The summed E-state index contributed by atoms with van der Waals surface area (Å²) in [7, 11) is 0. The van der Waals surface area contributed by atoms with E-state index in [0.717, 1.165) is 11.4 Å². The van der Waals surface area contributed by atoms with Gasteiger partial charge in [0.2, 0.25) is 0 Å². The second kappa shape index (κ2) is 8.16. The number of anilines is 1. The number of aromatic nitrogens is 4. The lowest BCUT2D eigenvalue weighted by atomic mass is 10.2. The molecule has 152 valence electrons. The molecule has 0 spiro atoms. The Balaban J connectivity index is 1.37. The van der Waals surface area contributed by atoms with Gasteiger partial charge in [-0.25, -0.2) is 19.7 Å². The van der Waals surface area contributed by atoms with E-state index in [2.05, 4.69) is 25.6 Å². The zero-order valence-electron chi connectivity index (χ0n) is 16.5. The minimum Gasteiger partial charge on any atom is -0.422 e. The van der Waals surface area contributed by atoms with Gasteiger partial charge in [0, 0.05) is 30.2 Å². The van der Waals surface area contributed by atoms with Gasteiger partial charge >= 0.3 is 5.63 Å². The predicted octanol–water partition coefficient (Wildman–Crippen LogP) is 2.23. The molecule has 9 heteroatoms. The minimum atomic E-state index is -0.661. The first-order valence-electron chi connectivity index (χ1n) is 9.41. The molecule has 0 aliphatic heterocycles. The van der Waals surface area contributed by atoms with Crippen LogP contribution in [-0.4, -0.2) is 38.5 Å². The fourth-order valence-electron chi connectivity index (χ4n) is 2.99. The van der Waals surface area contributed by atoms with Crippen molar-refractivity contribution < 1.29 is 9.21 Å². The molecule has 9 nitrogen and oxygen atoms in total. The summed E-state index contributed by atoms with van der Waals surface area (Å²) < 4.78 is 7.08. The van der Waals surface area contributed by atoms with Crippen LogP contribution >= 0.6 is 0 Å². The van der Waals surface area contributed by atoms with Gasteiger partial charge in [-0.3, -0.25) is 9.36 Å². The van der Waals surface area contributed by atoms with Gasteiger partial charge in [0.1, 0.15) is 35.4 Å². The minimum absolute atomic E-state index is 0.0241. The number of benzene rings is 1.